The van der Waals surface area contributed by atoms with Crippen LogP contribution < -0.4 is 10.6 Å². The Morgan fingerprint density at radius 1 is 1.28 bits per heavy atom. The molecule has 0 fully saturated rings. The Balaban J connectivity index is 2.38. The second kappa shape index (κ2) is 9.12. The summed E-state index contributed by atoms with van der Waals surface area (Å²) < 4.78 is 20.0. The molecule has 0 unspecified atom stereocenters. The zero-order chi connectivity index (χ0) is 21.7. The van der Waals surface area contributed by atoms with Gasteiger partial charge in [-0.25, -0.2) is 4.39 Å². The summed E-state index contributed by atoms with van der Waals surface area (Å²) in [6.45, 7) is 3.47. The Labute approximate surface area is 167 Å². The fourth-order valence-electron chi connectivity index (χ4n) is 2.70. The molecular weight excluding hydrogens is 379 g/mol. The molecule has 2 rings (SSSR count). The molecule has 0 saturated carbocycles. The molecule has 2 N–H and O–H groups in total. The predicted octanol–water partition coefficient (Wildman–Crippen LogP) is 2.14. The summed E-state index contributed by atoms with van der Waals surface area (Å²) in [6, 6.07) is 6.37. The Bertz CT molecular complexity index is 1000. The average Bonchev–Trinajstić information content (AvgIpc) is 2.99. The number of nitrogens with zero attached hydrogens (tertiary/aromatic N) is 2. The minimum Gasteiger partial charge on any atom is -0.378 e. The lowest BCUT2D eigenvalue weighted by Crippen LogP contribution is -2.36. The van der Waals surface area contributed by atoms with Gasteiger partial charge in [0.15, 0.2) is 0 Å². The standard InChI is InChI=1S/C20H21FN4O4/c1-11(2)23-20(28)18(26)16-8-14(17(10-29-4)25(16)3)19(27)24-13-5-6-15(21)12(7-13)9-22/h5-8,11H,10H2,1-4H3,(H,23,28)(H,24,27). The molecule has 0 aliphatic carbocycles. The van der Waals surface area contributed by atoms with Crippen LogP contribution in [0.15, 0.2) is 24.3 Å². The first-order valence-electron chi connectivity index (χ1n) is 8.73. The number of rotatable bonds is 7. The van der Waals surface area contributed by atoms with Gasteiger partial charge in [-0.1, -0.05) is 0 Å². The molecule has 152 valence electrons. The molecule has 2 amide bonds. The summed E-state index contributed by atoms with van der Waals surface area (Å²) in [5, 5.41) is 14.0. The molecule has 0 spiro atoms. The van der Waals surface area contributed by atoms with Crippen molar-refractivity contribution in [3.05, 3.63) is 52.6 Å². The van der Waals surface area contributed by atoms with E-state index in [0.717, 1.165) is 6.07 Å². The van der Waals surface area contributed by atoms with Gasteiger partial charge in [-0.05, 0) is 38.1 Å². The lowest BCUT2D eigenvalue weighted by Gasteiger charge is -2.10. The van der Waals surface area contributed by atoms with Crippen LogP contribution in [0.5, 0.6) is 0 Å². The summed E-state index contributed by atoms with van der Waals surface area (Å²) in [5.74, 6) is -2.86. The first kappa shape index (κ1) is 21.8. The third kappa shape index (κ3) is 4.86. The monoisotopic (exact) mass is 400 g/mol. The number of nitriles is 1. The highest BCUT2D eigenvalue weighted by atomic mass is 19.1. The number of hydrogen-bond donors (Lipinski definition) is 2. The number of anilines is 1. The van der Waals surface area contributed by atoms with E-state index in [1.807, 2.05) is 0 Å². The van der Waals surface area contributed by atoms with Crippen LogP contribution in [0.1, 0.15) is 46.0 Å². The van der Waals surface area contributed by atoms with Gasteiger partial charge in [0.05, 0.1) is 29.1 Å². The number of nitrogens with one attached hydrogen (secondary N) is 2. The minimum atomic E-state index is -0.786. The van der Waals surface area contributed by atoms with Crippen molar-refractivity contribution >= 4 is 23.3 Å². The fraction of sp³-hybridized carbons (Fsp3) is 0.300. The van der Waals surface area contributed by atoms with E-state index in [0.29, 0.717) is 5.69 Å². The van der Waals surface area contributed by atoms with Gasteiger partial charge in [-0.2, -0.15) is 5.26 Å². The summed E-state index contributed by atoms with van der Waals surface area (Å²) >= 11 is 0. The maximum atomic E-state index is 13.5. The highest BCUT2D eigenvalue weighted by molar-refractivity contribution is 6.42. The van der Waals surface area contributed by atoms with Gasteiger partial charge in [0.25, 0.3) is 17.6 Å². The molecule has 0 radical (unpaired) electrons. The number of methoxy groups -OCH3 is 1. The van der Waals surface area contributed by atoms with Crippen LogP contribution in [-0.2, 0) is 23.2 Å². The lowest BCUT2D eigenvalue weighted by molar-refractivity contribution is -0.117. The van der Waals surface area contributed by atoms with Gasteiger partial charge in [-0.15, -0.1) is 0 Å². The number of halogens is 1. The van der Waals surface area contributed by atoms with Crippen LogP contribution >= 0.6 is 0 Å². The largest absolute Gasteiger partial charge is 0.378 e. The molecule has 1 aromatic carbocycles. The lowest BCUT2D eigenvalue weighted by atomic mass is 10.1. The van der Waals surface area contributed by atoms with E-state index < -0.39 is 23.4 Å². The Hall–Kier alpha value is -3.51. The van der Waals surface area contributed by atoms with E-state index in [-0.39, 0.29) is 35.2 Å². The van der Waals surface area contributed by atoms with Crippen LogP contribution in [-0.4, -0.2) is 35.3 Å². The molecule has 0 aliphatic rings. The summed E-state index contributed by atoms with van der Waals surface area (Å²) in [6.07, 6.45) is 0. The topological polar surface area (TPSA) is 113 Å². The number of aromatic nitrogens is 1. The van der Waals surface area contributed by atoms with Crippen molar-refractivity contribution in [1.29, 1.82) is 5.26 Å². The maximum absolute atomic E-state index is 13.5. The number of benzene rings is 1. The second-order valence-corrected chi connectivity index (χ2v) is 6.60. The van der Waals surface area contributed by atoms with Crippen molar-refractivity contribution in [2.24, 2.45) is 7.05 Å². The first-order chi connectivity index (χ1) is 13.7. The quantitative estimate of drug-likeness (QED) is 0.546. The first-order valence-corrected chi connectivity index (χ1v) is 8.73. The highest BCUT2D eigenvalue weighted by Crippen LogP contribution is 2.20. The van der Waals surface area contributed by atoms with E-state index >= 15 is 0 Å². The Morgan fingerprint density at radius 3 is 2.55 bits per heavy atom. The van der Waals surface area contributed by atoms with Gasteiger partial charge >= 0.3 is 0 Å². The van der Waals surface area contributed by atoms with Crippen molar-refractivity contribution in [3.8, 4) is 6.07 Å². The molecule has 0 atom stereocenters. The van der Waals surface area contributed by atoms with E-state index in [1.54, 1.807) is 27.0 Å². The minimum absolute atomic E-state index is 0.0190. The molecule has 8 nitrogen and oxygen atoms in total. The predicted molar refractivity (Wildman–Crippen MR) is 103 cm³/mol. The summed E-state index contributed by atoms with van der Waals surface area (Å²) in [4.78, 5) is 37.3. The third-order valence-electron chi connectivity index (χ3n) is 4.09. The molecule has 29 heavy (non-hydrogen) atoms. The smallest absolute Gasteiger partial charge is 0.294 e. The fourth-order valence-corrected chi connectivity index (χ4v) is 2.70. The van der Waals surface area contributed by atoms with Gasteiger partial charge in [0.1, 0.15) is 11.9 Å². The normalized spacial score (nSPS) is 10.5. The van der Waals surface area contributed by atoms with E-state index in [4.69, 9.17) is 10.00 Å². The van der Waals surface area contributed by atoms with E-state index in [2.05, 4.69) is 10.6 Å². The molecule has 1 heterocycles. The van der Waals surface area contributed by atoms with Crippen molar-refractivity contribution < 1.29 is 23.5 Å². The third-order valence-corrected chi connectivity index (χ3v) is 4.09. The average molecular weight is 400 g/mol. The van der Waals surface area contributed by atoms with E-state index in [1.165, 1.54) is 29.9 Å². The van der Waals surface area contributed by atoms with E-state index in [9.17, 15) is 18.8 Å². The van der Waals surface area contributed by atoms with Gasteiger partial charge in [-0.3, -0.25) is 14.4 Å². The van der Waals surface area contributed by atoms with Crippen molar-refractivity contribution in [2.45, 2.75) is 26.5 Å². The Morgan fingerprint density at radius 2 is 1.97 bits per heavy atom. The van der Waals surface area contributed by atoms with Crippen molar-refractivity contribution in [3.63, 3.8) is 0 Å². The zero-order valence-electron chi connectivity index (χ0n) is 16.5. The van der Waals surface area contributed by atoms with Crippen LogP contribution in [0.3, 0.4) is 0 Å². The highest BCUT2D eigenvalue weighted by Gasteiger charge is 2.26. The molecule has 0 aliphatic heterocycles. The SMILES string of the molecule is COCc1c(C(=O)Nc2ccc(F)c(C#N)c2)cc(C(=O)C(=O)NC(C)C)n1C. The number of carbonyl (C=O) groups is 3. The number of amides is 2. The molecule has 0 bridgehead atoms. The van der Waals surface area contributed by atoms with Gasteiger partial charge in [0, 0.05) is 25.9 Å². The van der Waals surface area contributed by atoms with Crippen LogP contribution in [0, 0.1) is 17.1 Å². The molecule has 9 heteroatoms. The summed E-state index contributed by atoms with van der Waals surface area (Å²) in [7, 11) is 2.98. The van der Waals surface area contributed by atoms with Crippen LogP contribution in [0.25, 0.3) is 0 Å². The number of Topliss-reactive ketones (excluding diaryl/α,β-unsaturated/α-hetero) is 1. The maximum Gasteiger partial charge on any atom is 0.294 e. The van der Waals surface area contributed by atoms with Crippen LogP contribution in [0.4, 0.5) is 10.1 Å². The van der Waals surface area contributed by atoms with Crippen molar-refractivity contribution in [2.75, 3.05) is 12.4 Å². The summed E-state index contributed by atoms with van der Waals surface area (Å²) in [5.41, 5.74) is 0.531. The van der Waals surface area contributed by atoms with Gasteiger partial charge in [0.2, 0.25) is 0 Å². The van der Waals surface area contributed by atoms with Crippen molar-refractivity contribution in [1.82, 2.24) is 9.88 Å². The number of ether oxygens (including phenoxy) is 1. The Kier molecular flexibility index (Phi) is 6.85. The van der Waals surface area contributed by atoms with Gasteiger partial charge < -0.3 is 19.9 Å². The number of hydrogen-bond acceptors (Lipinski definition) is 5. The number of ketones is 1. The zero-order valence-corrected chi connectivity index (χ0v) is 16.5. The molecule has 1 aromatic heterocycles. The molecule has 0 saturated heterocycles. The second-order valence-electron chi connectivity index (χ2n) is 6.60. The molecular formula is C20H21FN4O4. The number of carbonyl (C=O) groups excluding carboxylic acids is 3. The van der Waals surface area contributed by atoms with Crippen LogP contribution in [0.2, 0.25) is 0 Å². The molecule has 2 aromatic rings.